The molecule has 2 nitrogen and oxygen atoms in total. The molecule has 0 spiro atoms. The molecular weight excluding hydrogens is 124 g/mol. The average Bonchev–Trinajstić information content (AvgIpc) is 1.67. The lowest BCUT2D eigenvalue weighted by atomic mass is 10.5. The van der Waals surface area contributed by atoms with Crippen LogP contribution in [0.25, 0.3) is 0 Å². The molecule has 0 aromatic rings. The van der Waals surface area contributed by atoms with Crippen LogP contribution in [0.5, 0.6) is 0 Å². The van der Waals surface area contributed by atoms with Crippen molar-refractivity contribution < 1.29 is 0 Å². The Morgan fingerprint density at radius 1 is 1.75 bits per heavy atom. The van der Waals surface area contributed by atoms with Gasteiger partial charge in [0.25, 0.3) is 0 Å². The largest absolute Gasteiger partial charge is 0.388 e. The molecule has 3 heteroatoms. The summed E-state index contributed by atoms with van der Waals surface area (Å²) in [6.45, 7) is 3.56. The molecule has 0 rings (SSSR count). The Hall–Kier alpha value is -0.500. The molecule has 0 fully saturated rings. The van der Waals surface area contributed by atoms with E-state index in [1.807, 2.05) is 6.92 Å². The summed E-state index contributed by atoms with van der Waals surface area (Å²) < 4.78 is 0. The number of allylic oxidation sites excluding steroid dienone is 1. The van der Waals surface area contributed by atoms with Gasteiger partial charge in [0.05, 0.1) is 5.70 Å². The topological polar surface area (TPSA) is 38.4 Å². The van der Waals surface area contributed by atoms with Gasteiger partial charge < -0.3 is 5.73 Å². The van der Waals surface area contributed by atoms with E-state index in [0.717, 1.165) is 0 Å². The molecule has 0 heterocycles. The van der Waals surface area contributed by atoms with E-state index in [1.54, 1.807) is 13.1 Å². The highest BCUT2D eigenvalue weighted by Crippen LogP contribution is 2.01. The van der Waals surface area contributed by atoms with Gasteiger partial charge in [-0.3, -0.25) is 4.99 Å². The summed E-state index contributed by atoms with van der Waals surface area (Å²) in [5.74, 6) is 0. The summed E-state index contributed by atoms with van der Waals surface area (Å²) in [4.78, 5) is 3.82. The van der Waals surface area contributed by atoms with Gasteiger partial charge in [-0.05, 0) is 13.8 Å². The van der Waals surface area contributed by atoms with Crippen molar-refractivity contribution in [3.8, 4) is 0 Å². The molecule has 0 radical (unpaired) electrons. The van der Waals surface area contributed by atoms with Crippen LogP contribution in [0.15, 0.2) is 15.8 Å². The van der Waals surface area contributed by atoms with Gasteiger partial charge >= 0.3 is 0 Å². The molecule has 0 amide bonds. The van der Waals surface area contributed by atoms with Crippen molar-refractivity contribution in [1.29, 1.82) is 0 Å². The number of halogens is 1. The van der Waals surface area contributed by atoms with E-state index < -0.39 is 0 Å². The summed E-state index contributed by atoms with van der Waals surface area (Å²) >= 11 is 5.35. The third-order valence-corrected chi connectivity index (χ3v) is 0.942. The van der Waals surface area contributed by atoms with Crippen molar-refractivity contribution in [2.45, 2.75) is 13.8 Å². The Kier molecular flexibility index (Phi) is 3.28. The zero-order valence-electron chi connectivity index (χ0n) is 4.98. The fourth-order valence-electron chi connectivity index (χ4n) is 0.255. The fourth-order valence-corrected chi connectivity index (χ4v) is 0.304. The molecule has 2 N–H and O–H groups in total. The normalized spacial score (nSPS) is 14.4. The van der Waals surface area contributed by atoms with Crippen molar-refractivity contribution in [2.75, 3.05) is 0 Å². The molecule has 0 atom stereocenters. The van der Waals surface area contributed by atoms with Gasteiger partial charge in [0, 0.05) is 6.21 Å². The van der Waals surface area contributed by atoms with Gasteiger partial charge in [-0.2, -0.15) is 0 Å². The van der Waals surface area contributed by atoms with Crippen LogP contribution in [-0.4, -0.2) is 6.21 Å². The lowest BCUT2D eigenvalue weighted by Gasteiger charge is -1.89. The van der Waals surface area contributed by atoms with Gasteiger partial charge in [-0.15, -0.1) is 0 Å². The molecule has 8 heavy (non-hydrogen) atoms. The molecule has 0 aromatic carbocycles. The summed E-state index contributed by atoms with van der Waals surface area (Å²) in [7, 11) is 0. The first-order valence-electron chi connectivity index (χ1n) is 2.29. The van der Waals surface area contributed by atoms with Crippen molar-refractivity contribution in [3.05, 3.63) is 10.9 Å². The number of nitrogens with zero attached hydrogens (tertiary/aromatic N) is 1. The fraction of sp³-hybridized carbons (Fsp3) is 0.400. The zero-order chi connectivity index (χ0) is 6.57. The van der Waals surface area contributed by atoms with Crippen LogP contribution in [0.1, 0.15) is 13.8 Å². The molecule has 0 aromatic heterocycles. The van der Waals surface area contributed by atoms with E-state index >= 15 is 0 Å². The number of hydrogen-bond acceptors (Lipinski definition) is 2. The van der Waals surface area contributed by atoms with E-state index in [0.29, 0.717) is 5.70 Å². The maximum atomic E-state index is 5.35. The third kappa shape index (κ3) is 2.64. The quantitative estimate of drug-likeness (QED) is 0.426. The Labute approximate surface area is 54.0 Å². The molecule has 0 aliphatic heterocycles. The van der Waals surface area contributed by atoms with E-state index in [2.05, 4.69) is 4.99 Å². The zero-order valence-corrected chi connectivity index (χ0v) is 5.74. The Morgan fingerprint density at radius 3 is 2.38 bits per heavy atom. The second-order valence-electron chi connectivity index (χ2n) is 1.32. The van der Waals surface area contributed by atoms with Crippen molar-refractivity contribution >= 4 is 17.8 Å². The maximum absolute atomic E-state index is 5.35. The smallest absolute Gasteiger partial charge is 0.121 e. The van der Waals surface area contributed by atoms with Crippen molar-refractivity contribution in [1.82, 2.24) is 0 Å². The first-order chi connectivity index (χ1) is 3.68. The monoisotopic (exact) mass is 132 g/mol. The van der Waals surface area contributed by atoms with E-state index in [-0.39, 0.29) is 5.16 Å². The second-order valence-corrected chi connectivity index (χ2v) is 1.73. The van der Waals surface area contributed by atoms with E-state index in [4.69, 9.17) is 17.3 Å². The van der Waals surface area contributed by atoms with Gasteiger partial charge in [0.2, 0.25) is 0 Å². The summed E-state index contributed by atoms with van der Waals surface area (Å²) in [5.41, 5.74) is 5.81. The average molecular weight is 133 g/mol. The van der Waals surface area contributed by atoms with Crippen LogP contribution in [0.3, 0.4) is 0 Å². The third-order valence-electron chi connectivity index (χ3n) is 0.668. The van der Waals surface area contributed by atoms with Crippen molar-refractivity contribution in [2.24, 2.45) is 10.7 Å². The molecular formula is C5H9ClN2. The highest BCUT2D eigenvalue weighted by molar-refractivity contribution is 6.29. The Morgan fingerprint density at radius 2 is 2.25 bits per heavy atom. The summed E-state index contributed by atoms with van der Waals surface area (Å²) in [6.07, 6.45) is 1.64. The van der Waals surface area contributed by atoms with Crippen molar-refractivity contribution in [3.63, 3.8) is 0 Å². The molecule has 0 saturated heterocycles. The van der Waals surface area contributed by atoms with E-state index in [1.165, 1.54) is 0 Å². The molecule has 0 unspecified atom stereocenters. The first kappa shape index (κ1) is 7.50. The standard InChI is InChI=1S/C5H9ClN2/c1-3-8-4(2)5(6)7/h3H,7H2,1-2H3/b5-4+,8-3-. The predicted molar refractivity (Wildman–Crippen MR) is 36.9 cm³/mol. The molecule has 0 bridgehead atoms. The van der Waals surface area contributed by atoms with Crippen LogP contribution in [-0.2, 0) is 0 Å². The Bertz CT molecular complexity index is 122. The lowest BCUT2D eigenvalue weighted by molar-refractivity contribution is 1.25. The number of nitrogens with two attached hydrogens (primary N) is 1. The van der Waals surface area contributed by atoms with Crippen LogP contribution >= 0.6 is 11.6 Å². The lowest BCUT2D eigenvalue weighted by Crippen LogP contribution is -1.90. The molecule has 0 saturated carbocycles. The highest BCUT2D eigenvalue weighted by atomic mass is 35.5. The molecule has 0 aliphatic carbocycles. The minimum Gasteiger partial charge on any atom is -0.388 e. The van der Waals surface area contributed by atoms with E-state index in [9.17, 15) is 0 Å². The highest BCUT2D eigenvalue weighted by Gasteiger charge is 1.85. The van der Waals surface area contributed by atoms with Gasteiger partial charge in [0.15, 0.2) is 0 Å². The van der Waals surface area contributed by atoms with Gasteiger partial charge in [0.1, 0.15) is 5.16 Å². The summed E-state index contributed by atoms with van der Waals surface area (Å²) in [6, 6.07) is 0. The Balaban J connectivity index is 4.00. The molecule has 0 aliphatic rings. The number of hydrogen-bond donors (Lipinski definition) is 1. The number of aliphatic imine (C=N–C) groups is 1. The number of rotatable bonds is 1. The van der Waals surface area contributed by atoms with Crippen LogP contribution in [0.2, 0.25) is 0 Å². The second kappa shape index (κ2) is 3.50. The minimum absolute atomic E-state index is 0.253. The minimum atomic E-state index is 0.253. The first-order valence-corrected chi connectivity index (χ1v) is 2.66. The van der Waals surface area contributed by atoms with Crippen LogP contribution < -0.4 is 5.73 Å². The maximum Gasteiger partial charge on any atom is 0.121 e. The SMILES string of the molecule is C/C=N\C(C)=C(\N)Cl. The van der Waals surface area contributed by atoms with Crippen LogP contribution in [0, 0.1) is 0 Å². The van der Waals surface area contributed by atoms with Crippen LogP contribution in [0.4, 0.5) is 0 Å². The van der Waals surface area contributed by atoms with Gasteiger partial charge in [-0.25, -0.2) is 0 Å². The predicted octanol–water partition coefficient (Wildman–Crippen LogP) is 1.46. The summed E-state index contributed by atoms with van der Waals surface area (Å²) in [5, 5.41) is 0.253. The molecule has 46 valence electrons. The van der Waals surface area contributed by atoms with Gasteiger partial charge in [-0.1, -0.05) is 11.6 Å².